The fraction of sp³-hybridized carbons (Fsp3) is 0.250. The summed E-state index contributed by atoms with van der Waals surface area (Å²) in [6.07, 6.45) is 1.06. The number of hydrogen-bond acceptors (Lipinski definition) is 2. The molecule has 128 valence electrons. The van der Waals surface area contributed by atoms with E-state index in [4.69, 9.17) is 16.7 Å². The summed E-state index contributed by atoms with van der Waals surface area (Å²) in [5.74, 6) is -0.766. The number of fused-ring (bicyclic) bond motifs is 3. The van der Waals surface area contributed by atoms with Crippen LogP contribution in [0.3, 0.4) is 0 Å². The van der Waals surface area contributed by atoms with Crippen molar-refractivity contribution >= 4 is 28.5 Å². The van der Waals surface area contributed by atoms with Gasteiger partial charge in [-0.3, -0.25) is 9.69 Å². The number of nitrogens with zero attached hydrogens (tertiary/aromatic N) is 1. The van der Waals surface area contributed by atoms with Gasteiger partial charge < -0.3 is 10.1 Å². The minimum atomic E-state index is -0.766. The second kappa shape index (κ2) is 6.54. The summed E-state index contributed by atoms with van der Waals surface area (Å²) in [6, 6.07) is 16.2. The van der Waals surface area contributed by atoms with Gasteiger partial charge in [0.05, 0.1) is 12.5 Å². The van der Waals surface area contributed by atoms with E-state index >= 15 is 0 Å². The van der Waals surface area contributed by atoms with Gasteiger partial charge in [-0.05, 0) is 35.7 Å². The third kappa shape index (κ3) is 3.03. The molecule has 0 bridgehead atoms. The number of carboxylic acids is 1. The van der Waals surface area contributed by atoms with Crippen LogP contribution >= 0.6 is 11.6 Å². The Kier molecular flexibility index (Phi) is 4.24. The van der Waals surface area contributed by atoms with Gasteiger partial charge in [-0.25, -0.2) is 0 Å². The third-order valence-electron chi connectivity index (χ3n) is 4.93. The zero-order chi connectivity index (χ0) is 17.4. The van der Waals surface area contributed by atoms with Gasteiger partial charge >= 0.3 is 5.97 Å². The molecule has 0 amide bonds. The molecule has 1 aliphatic heterocycles. The molecule has 3 aromatic rings. The minimum Gasteiger partial charge on any atom is -0.481 e. The Balaban J connectivity index is 1.81. The molecule has 0 radical (unpaired) electrons. The lowest BCUT2D eigenvalue weighted by atomic mass is 9.92. The fourth-order valence-electron chi connectivity index (χ4n) is 3.79. The Morgan fingerprint density at radius 2 is 1.96 bits per heavy atom. The van der Waals surface area contributed by atoms with Crippen LogP contribution in [-0.4, -0.2) is 34.0 Å². The molecule has 1 aliphatic rings. The first-order valence-electron chi connectivity index (χ1n) is 8.44. The summed E-state index contributed by atoms with van der Waals surface area (Å²) in [7, 11) is 0. The van der Waals surface area contributed by atoms with E-state index in [2.05, 4.69) is 28.1 Å². The molecular weight excluding hydrogens is 336 g/mol. The van der Waals surface area contributed by atoms with E-state index < -0.39 is 5.97 Å². The van der Waals surface area contributed by atoms with E-state index in [0.717, 1.165) is 24.0 Å². The van der Waals surface area contributed by atoms with Crippen molar-refractivity contribution in [3.05, 3.63) is 70.4 Å². The number of benzene rings is 2. The molecule has 2 N–H and O–H groups in total. The van der Waals surface area contributed by atoms with E-state index in [-0.39, 0.29) is 12.5 Å². The standard InChI is InChI=1S/C20H19ClN2O2/c21-14-7-5-13(6-8-14)20-19-16(9-11-23(20)12-10-18(24)25)15-3-1-2-4-17(15)22-19/h1-8,20,22H,9-12H2,(H,24,25)/t20-/m1/s1. The van der Waals surface area contributed by atoms with Crippen molar-refractivity contribution in [2.24, 2.45) is 0 Å². The zero-order valence-electron chi connectivity index (χ0n) is 13.7. The fourth-order valence-corrected chi connectivity index (χ4v) is 3.92. The number of aromatic amines is 1. The molecule has 0 fully saturated rings. The van der Waals surface area contributed by atoms with Gasteiger partial charge in [-0.1, -0.05) is 41.9 Å². The van der Waals surface area contributed by atoms with Gasteiger partial charge in [-0.2, -0.15) is 0 Å². The number of hydrogen-bond donors (Lipinski definition) is 2. The van der Waals surface area contributed by atoms with Crippen molar-refractivity contribution < 1.29 is 9.90 Å². The number of rotatable bonds is 4. The SMILES string of the molecule is O=C(O)CCN1CCc2c([nH]c3ccccc23)[C@H]1c1ccc(Cl)cc1. The molecule has 0 saturated carbocycles. The van der Waals surface area contributed by atoms with Crippen LogP contribution in [0.1, 0.15) is 29.3 Å². The van der Waals surface area contributed by atoms with Crippen LogP contribution < -0.4 is 0 Å². The number of aromatic nitrogens is 1. The van der Waals surface area contributed by atoms with Crippen LogP contribution in [0.25, 0.3) is 10.9 Å². The van der Waals surface area contributed by atoms with Crippen LogP contribution in [0.2, 0.25) is 5.02 Å². The summed E-state index contributed by atoms with van der Waals surface area (Å²) in [6.45, 7) is 1.37. The Morgan fingerprint density at radius 3 is 2.72 bits per heavy atom. The average molecular weight is 355 g/mol. The highest BCUT2D eigenvalue weighted by molar-refractivity contribution is 6.30. The second-order valence-electron chi connectivity index (χ2n) is 6.45. The van der Waals surface area contributed by atoms with Crippen molar-refractivity contribution in [2.75, 3.05) is 13.1 Å². The molecule has 0 unspecified atom stereocenters. The number of halogens is 1. The maximum Gasteiger partial charge on any atom is 0.304 e. The number of carbonyl (C=O) groups is 1. The first-order chi connectivity index (χ1) is 12.1. The largest absolute Gasteiger partial charge is 0.481 e. The summed E-state index contributed by atoms with van der Waals surface area (Å²) >= 11 is 6.06. The first-order valence-corrected chi connectivity index (χ1v) is 8.82. The molecule has 5 heteroatoms. The average Bonchev–Trinajstić information content (AvgIpc) is 2.99. The van der Waals surface area contributed by atoms with Crippen molar-refractivity contribution in [1.29, 1.82) is 0 Å². The molecule has 0 spiro atoms. The molecule has 2 aromatic carbocycles. The summed E-state index contributed by atoms with van der Waals surface area (Å²) < 4.78 is 0. The lowest BCUT2D eigenvalue weighted by Crippen LogP contribution is -2.37. The molecule has 1 aromatic heterocycles. The molecule has 25 heavy (non-hydrogen) atoms. The van der Waals surface area contributed by atoms with Gasteiger partial charge in [0, 0.05) is 34.7 Å². The van der Waals surface area contributed by atoms with Gasteiger partial charge in [0.25, 0.3) is 0 Å². The summed E-state index contributed by atoms with van der Waals surface area (Å²) in [5.41, 5.74) is 4.76. The van der Waals surface area contributed by atoms with Gasteiger partial charge in [0.15, 0.2) is 0 Å². The molecule has 0 aliphatic carbocycles. The summed E-state index contributed by atoms with van der Waals surface area (Å²) in [5, 5.41) is 11.1. The smallest absolute Gasteiger partial charge is 0.304 e. The second-order valence-corrected chi connectivity index (χ2v) is 6.88. The zero-order valence-corrected chi connectivity index (χ0v) is 14.5. The molecule has 2 heterocycles. The van der Waals surface area contributed by atoms with E-state index in [1.165, 1.54) is 16.6 Å². The van der Waals surface area contributed by atoms with E-state index in [1.54, 1.807) is 0 Å². The number of nitrogens with one attached hydrogen (secondary N) is 1. The summed E-state index contributed by atoms with van der Waals surface area (Å²) in [4.78, 5) is 16.9. The molecule has 0 saturated heterocycles. The van der Waals surface area contributed by atoms with Crippen molar-refractivity contribution in [1.82, 2.24) is 9.88 Å². The number of aliphatic carboxylic acids is 1. The minimum absolute atomic E-state index is 0.0211. The quantitative estimate of drug-likeness (QED) is 0.736. The Bertz CT molecular complexity index is 917. The van der Waals surface area contributed by atoms with Crippen molar-refractivity contribution in [3.8, 4) is 0 Å². The van der Waals surface area contributed by atoms with Crippen molar-refractivity contribution in [3.63, 3.8) is 0 Å². The van der Waals surface area contributed by atoms with Gasteiger partial charge in [0.2, 0.25) is 0 Å². The third-order valence-corrected chi connectivity index (χ3v) is 5.18. The first kappa shape index (κ1) is 16.2. The number of carboxylic acid groups (broad SMARTS) is 1. The number of H-pyrrole nitrogens is 1. The van der Waals surface area contributed by atoms with Crippen LogP contribution in [-0.2, 0) is 11.2 Å². The molecule has 4 nitrogen and oxygen atoms in total. The molecular formula is C20H19ClN2O2. The van der Waals surface area contributed by atoms with E-state index in [0.29, 0.717) is 11.6 Å². The van der Waals surface area contributed by atoms with Gasteiger partial charge in [-0.15, -0.1) is 0 Å². The van der Waals surface area contributed by atoms with Crippen LogP contribution in [0.15, 0.2) is 48.5 Å². The van der Waals surface area contributed by atoms with E-state index in [9.17, 15) is 4.79 Å². The Hall–Kier alpha value is -2.30. The molecule has 1 atom stereocenters. The maximum absolute atomic E-state index is 11.1. The van der Waals surface area contributed by atoms with Gasteiger partial charge in [0.1, 0.15) is 0 Å². The lowest BCUT2D eigenvalue weighted by Gasteiger charge is -2.36. The monoisotopic (exact) mass is 354 g/mol. The number of para-hydroxylation sites is 1. The highest BCUT2D eigenvalue weighted by Gasteiger charge is 2.31. The lowest BCUT2D eigenvalue weighted by molar-refractivity contribution is -0.137. The van der Waals surface area contributed by atoms with Crippen LogP contribution in [0, 0.1) is 0 Å². The predicted molar refractivity (Wildman–Crippen MR) is 99.1 cm³/mol. The molecule has 4 rings (SSSR count). The van der Waals surface area contributed by atoms with E-state index in [1.807, 2.05) is 30.3 Å². The Labute approximate surface area is 151 Å². The normalized spacial score (nSPS) is 17.6. The topological polar surface area (TPSA) is 56.3 Å². The highest BCUT2D eigenvalue weighted by Crippen LogP contribution is 2.38. The predicted octanol–water partition coefficient (Wildman–Crippen LogP) is 4.24. The van der Waals surface area contributed by atoms with Crippen LogP contribution in [0.5, 0.6) is 0 Å². The Morgan fingerprint density at radius 1 is 1.20 bits per heavy atom. The highest BCUT2D eigenvalue weighted by atomic mass is 35.5. The van der Waals surface area contributed by atoms with Crippen molar-refractivity contribution in [2.45, 2.75) is 18.9 Å². The van der Waals surface area contributed by atoms with Crippen LogP contribution in [0.4, 0.5) is 0 Å². The maximum atomic E-state index is 11.1.